The van der Waals surface area contributed by atoms with Crippen molar-refractivity contribution in [2.24, 2.45) is 0 Å². The first-order valence-electron chi connectivity index (χ1n) is 5.21. The molecule has 0 amide bonds. The first-order chi connectivity index (χ1) is 8.58. The smallest absolute Gasteiger partial charge is 0.227 e. The van der Waals surface area contributed by atoms with E-state index < -0.39 is 0 Å². The monoisotopic (exact) mass is 249 g/mol. The second kappa shape index (κ2) is 4.87. The van der Waals surface area contributed by atoms with Crippen molar-refractivity contribution in [2.45, 2.75) is 6.92 Å². The molecular formula is C12H12FN3O2. The van der Waals surface area contributed by atoms with E-state index in [0.717, 1.165) is 0 Å². The molecule has 2 N–H and O–H groups in total. The summed E-state index contributed by atoms with van der Waals surface area (Å²) < 4.78 is 23.7. The molecule has 0 aliphatic heterocycles. The van der Waals surface area contributed by atoms with Crippen LogP contribution in [-0.4, -0.2) is 17.1 Å². The molecule has 0 aliphatic carbocycles. The number of methoxy groups -OCH3 is 1. The second-order valence-electron chi connectivity index (χ2n) is 3.62. The molecule has 0 fully saturated rings. The molecule has 0 unspecified atom stereocenters. The Balaban J connectivity index is 2.27. The van der Waals surface area contributed by atoms with Crippen LogP contribution in [0.5, 0.6) is 17.5 Å². The lowest BCUT2D eigenvalue weighted by Crippen LogP contribution is -1.99. The van der Waals surface area contributed by atoms with Gasteiger partial charge in [0.2, 0.25) is 17.7 Å². The number of hydrogen-bond donors (Lipinski definition) is 1. The van der Waals surface area contributed by atoms with Crippen LogP contribution >= 0.6 is 0 Å². The van der Waals surface area contributed by atoms with E-state index in [1.807, 2.05) is 0 Å². The number of hydrogen-bond acceptors (Lipinski definition) is 5. The van der Waals surface area contributed by atoms with Crippen LogP contribution in [0.3, 0.4) is 0 Å². The van der Waals surface area contributed by atoms with Crippen LogP contribution in [-0.2, 0) is 0 Å². The van der Waals surface area contributed by atoms with Crippen LogP contribution < -0.4 is 15.2 Å². The summed E-state index contributed by atoms with van der Waals surface area (Å²) in [4.78, 5) is 7.69. The molecule has 6 heteroatoms. The fourth-order valence-electron chi connectivity index (χ4n) is 1.34. The predicted octanol–water partition coefficient (Wildman–Crippen LogP) is 2.31. The van der Waals surface area contributed by atoms with Gasteiger partial charge in [0.1, 0.15) is 11.6 Å². The van der Waals surface area contributed by atoms with Crippen molar-refractivity contribution in [3.8, 4) is 17.5 Å². The van der Waals surface area contributed by atoms with Crippen molar-refractivity contribution in [3.63, 3.8) is 0 Å². The molecule has 18 heavy (non-hydrogen) atoms. The number of aryl methyl sites for hydroxylation is 1. The van der Waals surface area contributed by atoms with Crippen molar-refractivity contribution in [3.05, 3.63) is 35.6 Å². The maximum Gasteiger partial charge on any atom is 0.227 e. The second-order valence-corrected chi connectivity index (χ2v) is 3.62. The lowest BCUT2D eigenvalue weighted by Gasteiger charge is -2.07. The van der Waals surface area contributed by atoms with E-state index in [-0.39, 0.29) is 23.5 Å². The minimum absolute atomic E-state index is 0.0249. The highest BCUT2D eigenvalue weighted by Crippen LogP contribution is 2.24. The lowest BCUT2D eigenvalue weighted by molar-refractivity contribution is 0.389. The van der Waals surface area contributed by atoms with Gasteiger partial charge >= 0.3 is 0 Å². The van der Waals surface area contributed by atoms with Gasteiger partial charge in [-0.05, 0) is 18.6 Å². The molecule has 0 saturated heterocycles. The van der Waals surface area contributed by atoms with E-state index in [0.29, 0.717) is 11.3 Å². The van der Waals surface area contributed by atoms with E-state index >= 15 is 0 Å². The van der Waals surface area contributed by atoms with Gasteiger partial charge < -0.3 is 15.2 Å². The highest BCUT2D eigenvalue weighted by molar-refractivity contribution is 5.35. The van der Waals surface area contributed by atoms with E-state index in [4.69, 9.17) is 15.2 Å². The van der Waals surface area contributed by atoms with Gasteiger partial charge in [-0.15, -0.1) is 0 Å². The number of benzene rings is 1. The number of nitrogen functional groups attached to an aromatic ring is 1. The normalized spacial score (nSPS) is 10.2. The number of halogens is 1. The molecule has 5 nitrogen and oxygen atoms in total. The molecule has 0 saturated carbocycles. The van der Waals surface area contributed by atoms with Gasteiger partial charge in [-0.1, -0.05) is 6.07 Å². The Morgan fingerprint density at radius 2 is 1.89 bits per heavy atom. The van der Waals surface area contributed by atoms with Gasteiger partial charge in [0.25, 0.3) is 0 Å². The van der Waals surface area contributed by atoms with Gasteiger partial charge in [-0.2, -0.15) is 9.97 Å². The molecule has 0 bridgehead atoms. The van der Waals surface area contributed by atoms with Crippen molar-refractivity contribution < 1.29 is 13.9 Å². The van der Waals surface area contributed by atoms with Gasteiger partial charge in [-0.3, -0.25) is 0 Å². The van der Waals surface area contributed by atoms with Crippen LogP contribution in [0.4, 0.5) is 10.3 Å². The molecule has 0 spiro atoms. The van der Waals surface area contributed by atoms with Gasteiger partial charge in [0.05, 0.1) is 13.2 Å². The molecule has 1 aromatic carbocycles. The summed E-state index contributed by atoms with van der Waals surface area (Å²) in [6.45, 7) is 1.67. The quantitative estimate of drug-likeness (QED) is 0.903. The van der Waals surface area contributed by atoms with Crippen molar-refractivity contribution in [1.29, 1.82) is 0 Å². The Hall–Kier alpha value is -2.37. The Morgan fingerprint density at radius 1 is 1.17 bits per heavy atom. The largest absolute Gasteiger partial charge is 0.481 e. The molecule has 94 valence electrons. The molecule has 1 heterocycles. The lowest BCUT2D eigenvalue weighted by atomic mass is 10.2. The summed E-state index contributed by atoms with van der Waals surface area (Å²) in [5.41, 5.74) is 6.03. The first-order valence-corrected chi connectivity index (χ1v) is 5.21. The minimum atomic E-state index is -0.346. The topological polar surface area (TPSA) is 70.3 Å². The maximum absolute atomic E-state index is 13.3. The van der Waals surface area contributed by atoms with Crippen LogP contribution in [0.25, 0.3) is 0 Å². The highest BCUT2D eigenvalue weighted by Gasteiger charge is 2.06. The summed E-state index contributed by atoms with van der Waals surface area (Å²) in [5, 5.41) is 0. The average Bonchev–Trinajstić information content (AvgIpc) is 2.33. The highest BCUT2D eigenvalue weighted by atomic mass is 19.1. The Morgan fingerprint density at radius 3 is 2.56 bits per heavy atom. The zero-order chi connectivity index (χ0) is 13.1. The third-order valence-corrected chi connectivity index (χ3v) is 2.27. The third kappa shape index (κ3) is 2.65. The molecule has 0 radical (unpaired) electrons. The first kappa shape index (κ1) is 12.1. The number of anilines is 1. The number of nitrogens with two attached hydrogens (primary N) is 1. The van der Waals surface area contributed by atoms with Crippen molar-refractivity contribution >= 4 is 5.95 Å². The molecule has 0 aliphatic rings. The van der Waals surface area contributed by atoms with E-state index in [9.17, 15) is 4.39 Å². The van der Waals surface area contributed by atoms with Crippen LogP contribution in [0.15, 0.2) is 24.3 Å². The van der Waals surface area contributed by atoms with Gasteiger partial charge in [0.15, 0.2) is 0 Å². The molecule has 1 aromatic heterocycles. The molecule has 2 aromatic rings. The summed E-state index contributed by atoms with van der Waals surface area (Å²) in [6.07, 6.45) is 0. The van der Waals surface area contributed by atoms with Crippen molar-refractivity contribution in [2.75, 3.05) is 12.8 Å². The third-order valence-electron chi connectivity index (χ3n) is 2.27. The van der Waals surface area contributed by atoms with E-state index in [1.54, 1.807) is 19.1 Å². The van der Waals surface area contributed by atoms with Crippen LogP contribution in [0, 0.1) is 12.7 Å². The van der Waals surface area contributed by atoms with Gasteiger partial charge in [-0.25, -0.2) is 4.39 Å². The van der Waals surface area contributed by atoms with Crippen molar-refractivity contribution in [1.82, 2.24) is 9.97 Å². The standard InChI is InChI=1S/C12H12FN3O2/c1-7-3-4-8(5-9(7)13)18-11-6-10(17-2)15-12(14)16-11/h3-6H,1-2H3,(H2,14,15,16). The molecule has 0 atom stereocenters. The molecular weight excluding hydrogens is 237 g/mol. The summed E-state index contributed by atoms with van der Waals surface area (Å²) in [6, 6.07) is 6.00. The fraction of sp³-hybridized carbons (Fsp3) is 0.167. The SMILES string of the molecule is COc1cc(Oc2ccc(C)c(F)c2)nc(N)n1. The van der Waals surface area contributed by atoms with Crippen LogP contribution in [0.1, 0.15) is 5.56 Å². The minimum Gasteiger partial charge on any atom is -0.481 e. The van der Waals surface area contributed by atoms with E-state index in [1.165, 1.54) is 19.2 Å². The fourth-order valence-corrected chi connectivity index (χ4v) is 1.34. The summed E-state index contributed by atoms with van der Waals surface area (Å²) >= 11 is 0. The summed E-state index contributed by atoms with van der Waals surface area (Å²) in [7, 11) is 1.46. The number of rotatable bonds is 3. The average molecular weight is 249 g/mol. The van der Waals surface area contributed by atoms with Crippen LogP contribution in [0.2, 0.25) is 0 Å². The van der Waals surface area contributed by atoms with E-state index in [2.05, 4.69) is 9.97 Å². The zero-order valence-electron chi connectivity index (χ0n) is 9.98. The Kier molecular flexibility index (Phi) is 3.27. The zero-order valence-corrected chi connectivity index (χ0v) is 9.98. The number of nitrogens with zero attached hydrogens (tertiary/aromatic N) is 2. The molecule has 2 rings (SSSR count). The number of ether oxygens (including phenoxy) is 2. The Labute approximate surface area is 103 Å². The summed E-state index contributed by atoms with van der Waals surface area (Å²) in [5.74, 6) is 0.490. The Bertz CT molecular complexity index is 575. The predicted molar refractivity (Wildman–Crippen MR) is 64.2 cm³/mol. The maximum atomic E-state index is 13.3. The van der Waals surface area contributed by atoms with Gasteiger partial charge in [0, 0.05) is 6.07 Å². The number of aromatic nitrogens is 2.